The Balaban J connectivity index is 0. The van der Waals surface area contributed by atoms with Crippen LogP contribution in [0.3, 0.4) is 0 Å². The van der Waals surface area contributed by atoms with E-state index in [2.05, 4.69) is 62.3 Å². The van der Waals surface area contributed by atoms with Gasteiger partial charge in [-0.3, -0.25) is 0 Å². The number of rotatable bonds is 6. The van der Waals surface area contributed by atoms with Crippen LogP contribution in [-0.2, 0) is 0 Å². The van der Waals surface area contributed by atoms with E-state index in [0.29, 0.717) is 15.9 Å². The third-order valence-corrected chi connectivity index (χ3v) is 5.08. The van der Waals surface area contributed by atoms with Crippen molar-refractivity contribution in [2.45, 2.75) is 97.5 Å². The van der Waals surface area contributed by atoms with Crippen LogP contribution in [0.15, 0.2) is 0 Å². The van der Waals surface area contributed by atoms with Crippen molar-refractivity contribution in [3.8, 4) is 0 Å². The average Bonchev–Trinajstić information content (AvgIpc) is 2.16. The van der Waals surface area contributed by atoms with Gasteiger partial charge in [-0.25, -0.2) is 0 Å². The fraction of sp³-hybridized carbons (Fsp3) is 1.00. The Morgan fingerprint density at radius 2 is 0.765 bits per heavy atom. The molecule has 17 heavy (non-hydrogen) atoms. The van der Waals surface area contributed by atoms with E-state index >= 15 is 0 Å². The zero-order valence-electron chi connectivity index (χ0n) is 14.2. The van der Waals surface area contributed by atoms with Crippen molar-refractivity contribution < 1.29 is 18.9 Å². The summed E-state index contributed by atoms with van der Waals surface area (Å²) < 4.78 is 0. The normalized spacial score (nSPS) is 13.8. The van der Waals surface area contributed by atoms with E-state index in [-0.39, 0.29) is 18.9 Å². The molecule has 0 N–H and O–H groups in total. The van der Waals surface area contributed by atoms with Crippen molar-refractivity contribution >= 4 is 6.71 Å². The monoisotopic (exact) mass is 231 g/mol. The number of hydrogen-bond donors (Lipinski definition) is 0. The van der Waals surface area contributed by atoms with Gasteiger partial charge in [0.2, 0.25) is 0 Å². The minimum absolute atomic E-state index is 0. The third kappa shape index (κ3) is 4.68. The van der Waals surface area contributed by atoms with Crippen LogP contribution in [0, 0.1) is 0 Å². The molecular formula is C15H33BLi. The van der Waals surface area contributed by atoms with Crippen LogP contribution in [0.25, 0.3) is 0 Å². The maximum atomic E-state index is 2.45. The van der Waals surface area contributed by atoms with Crippen molar-refractivity contribution in [1.29, 1.82) is 0 Å². The molecule has 0 spiro atoms. The molecule has 0 rings (SSSR count). The minimum atomic E-state index is 0. The molecule has 0 amide bonds. The van der Waals surface area contributed by atoms with E-state index < -0.39 is 0 Å². The van der Waals surface area contributed by atoms with Gasteiger partial charge in [0.25, 0.3) is 0 Å². The summed E-state index contributed by atoms with van der Waals surface area (Å²) in [5, 5.41) is 1.29. The second-order valence-corrected chi connectivity index (χ2v) is 7.46. The van der Waals surface area contributed by atoms with Gasteiger partial charge in [-0.15, -0.1) is 6.71 Å². The van der Waals surface area contributed by atoms with Crippen LogP contribution in [0.4, 0.5) is 0 Å². The molecular weight excluding hydrogens is 198 g/mol. The van der Waals surface area contributed by atoms with Crippen molar-refractivity contribution in [1.82, 2.24) is 0 Å². The summed E-state index contributed by atoms with van der Waals surface area (Å²) in [5.41, 5.74) is 0. The Kier molecular flexibility index (Phi) is 7.90. The topological polar surface area (TPSA) is 0 Å². The van der Waals surface area contributed by atoms with Gasteiger partial charge >= 0.3 is 18.9 Å². The quantitative estimate of drug-likeness (QED) is 0.616. The molecule has 0 saturated carbocycles. The molecule has 0 aliphatic rings. The summed E-state index contributed by atoms with van der Waals surface area (Å²) in [6.45, 7) is 22.5. The summed E-state index contributed by atoms with van der Waals surface area (Å²) in [6, 6.07) is 0. The molecule has 2 heteroatoms. The van der Waals surface area contributed by atoms with Gasteiger partial charge in [0.1, 0.15) is 0 Å². The molecule has 0 fully saturated rings. The molecule has 0 aromatic carbocycles. The Hall–Kier alpha value is 0.662. The molecule has 1 radical (unpaired) electrons. The first-order chi connectivity index (χ1) is 7.05. The molecule has 0 saturated heterocycles. The predicted molar refractivity (Wildman–Crippen MR) is 78.8 cm³/mol. The van der Waals surface area contributed by atoms with E-state index in [1.807, 2.05) is 0 Å². The Bertz CT molecular complexity index is 181. The maximum absolute atomic E-state index is 2.45. The molecule has 0 aromatic heterocycles. The largest absolute Gasteiger partial charge is 1.00 e. The molecule has 0 aromatic rings. The molecule has 97 valence electrons. The SMILES string of the molecule is CCC(C)(C)[B-](C(C)(C)CC)C(C)(C)CC.[Li+]. The first kappa shape index (κ1) is 20.0. The molecule has 0 aliphatic heterocycles. The first-order valence-electron chi connectivity index (χ1n) is 7.05. The standard InChI is InChI=1S/C15H33B.Li/c1-10-13(4,5)16(14(6,7)11-2)15(8,9)12-3;/h10-12H2,1-9H3;/q-1;+1. The summed E-state index contributed by atoms with van der Waals surface area (Å²) >= 11 is 0. The van der Waals surface area contributed by atoms with E-state index in [9.17, 15) is 0 Å². The summed E-state index contributed by atoms with van der Waals surface area (Å²) in [6.07, 6.45) is 3.81. The number of hydrogen-bond acceptors (Lipinski definition) is 0. The van der Waals surface area contributed by atoms with Crippen molar-refractivity contribution in [3.05, 3.63) is 0 Å². The smallest absolute Gasteiger partial charge is 0.190 e. The zero-order valence-corrected chi connectivity index (χ0v) is 14.2. The van der Waals surface area contributed by atoms with Crippen molar-refractivity contribution in [2.75, 3.05) is 0 Å². The second kappa shape index (κ2) is 6.72. The van der Waals surface area contributed by atoms with Gasteiger partial charge < -0.3 is 0 Å². The van der Waals surface area contributed by atoms with Crippen LogP contribution < -0.4 is 18.9 Å². The van der Waals surface area contributed by atoms with Gasteiger partial charge in [-0.1, -0.05) is 81.6 Å². The molecule has 0 atom stereocenters. The van der Waals surface area contributed by atoms with Crippen LogP contribution in [-0.4, -0.2) is 6.71 Å². The fourth-order valence-electron chi connectivity index (χ4n) is 3.79. The van der Waals surface area contributed by atoms with Crippen LogP contribution in [0.5, 0.6) is 0 Å². The van der Waals surface area contributed by atoms with Gasteiger partial charge in [-0.05, 0) is 0 Å². The van der Waals surface area contributed by atoms with Crippen LogP contribution in [0.1, 0.15) is 81.6 Å². The molecule has 0 unspecified atom stereocenters. The Labute approximate surface area is 123 Å². The van der Waals surface area contributed by atoms with Gasteiger partial charge in [0.15, 0.2) is 0 Å². The molecule has 0 heterocycles. The third-order valence-electron chi connectivity index (χ3n) is 5.08. The Morgan fingerprint density at radius 1 is 0.588 bits per heavy atom. The summed E-state index contributed by atoms with van der Waals surface area (Å²) in [7, 11) is 0. The van der Waals surface area contributed by atoms with Crippen molar-refractivity contribution in [2.24, 2.45) is 0 Å². The summed E-state index contributed by atoms with van der Waals surface area (Å²) in [5.74, 6) is 0. The van der Waals surface area contributed by atoms with E-state index in [0.717, 1.165) is 6.71 Å². The second-order valence-electron chi connectivity index (χ2n) is 7.46. The van der Waals surface area contributed by atoms with E-state index in [1.165, 1.54) is 19.3 Å². The minimum Gasteiger partial charge on any atom is -0.190 e. The van der Waals surface area contributed by atoms with Gasteiger partial charge in [0, 0.05) is 0 Å². The molecule has 0 nitrogen and oxygen atoms in total. The maximum Gasteiger partial charge on any atom is 1.00 e. The van der Waals surface area contributed by atoms with Crippen molar-refractivity contribution in [3.63, 3.8) is 0 Å². The van der Waals surface area contributed by atoms with Gasteiger partial charge in [-0.2, -0.15) is 15.9 Å². The molecule has 0 bridgehead atoms. The molecule has 0 aliphatic carbocycles. The van der Waals surface area contributed by atoms with E-state index in [1.54, 1.807) is 0 Å². The van der Waals surface area contributed by atoms with Crippen LogP contribution in [0.2, 0.25) is 15.9 Å². The van der Waals surface area contributed by atoms with Gasteiger partial charge in [0.05, 0.1) is 0 Å². The summed E-state index contributed by atoms with van der Waals surface area (Å²) in [4.78, 5) is 0. The van der Waals surface area contributed by atoms with Crippen LogP contribution >= 0.6 is 0 Å². The Morgan fingerprint density at radius 3 is 0.882 bits per heavy atom. The van der Waals surface area contributed by atoms with E-state index in [4.69, 9.17) is 0 Å². The first-order valence-corrected chi connectivity index (χ1v) is 7.05. The zero-order chi connectivity index (χ0) is 13.2. The fourth-order valence-corrected chi connectivity index (χ4v) is 3.79. The average molecular weight is 231 g/mol. The predicted octanol–water partition coefficient (Wildman–Crippen LogP) is 3.06.